The summed E-state index contributed by atoms with van der Waals surface area (Å²) < 4.78 is 6.68. The molecule has 4 heteroatoms. The molecule has 0 radical (unpaired) electrons. The molecule has 0 spiro atoms. The van der Waals surface area contributed by atoms with Crippen molar-refractivity contribution >= 4 is 17.0 Å². The largest absolute Gasteiger partial charge is 0.465 e. The van der Waals surface area contributed by atoms with Crippen LogP contribution in [0.2, 0.25) is 0 Å². The highest BCUT2D eigenvalue weighted by Gasteiger charge is 2.08. The Morgan fingerprint density at radius 2 is 2.00 bits per heavy atom. The van der Waals surface area contributed by atoms with Gasteiger partial charge < -0.3 is 4.74 Å². The van der Waals surface area contributed by atoms with Gasteiger partial charge in [-0.05, 0) is 30.3 Å². The summed E-state index contributed by atoms with van der Waals surface area (Å²) in [6.45, 7) is 0. The van der Waals surface area contributed by atoms with Crippen molar-refractivity contribution in [3.05, 3.63) is 60.4 Å². The van der Waals surface area contributed by atoms with Gasteiger partial charge in [0.2, 0.25) is 0 Å². The molecule has 1 heterocycles. The van der Waals surface area contributed by atoms with Gasteiger partial charge in [0.1, 0.15) is 6.33 Å². The lowest BCUT2D eigenvalue weighted by Gasteiger charge is -2.06. The molecule has 1 aromatic heterocycles. The van der Waals surface area contributed by atoms with Crippen LogP contribution < -0.4 is 0 Å². The van der Waals surface area contributed by atoms with Gasteiger partial charge in [-0.3, -0.25) is 4.57 Å². The van der Waals surface area contributed by atoms with Crippen LogP contribution in [-0.4, -0.2) is 22.6 Å². The zero-order valence-electron chi connectivity index (χ0n) is 10.4. The van der Waals surface area contributed by atoms with Gasteiger partial charge in [-0.1, -0.05) is 18.2 Å². The third kappa shape index (κ3) is 1.97. The molecule has 3 rings (SSSR count). The van der Waals surface area contributed by atoms with Crippen molar-refractivity contribution in [1.82, 2.24) is 9.55 Å². The highest BCUT2D eigenvalue weighted by Crippen LogP contribution is 2.18. The Morgan fingerprint density at radius 1 is 1.16 bits per heavy atom. The molecule has 3 aromatic rings. The highest BCUT2D eigenvalue weighted by molar-refractivity contribution is 5.90. The number of methoxy groups -OCH3 is 1. The van der Waals surface area contributed by atoms with E-state index in [1.165, 1.54) is 7.11 Å². The zero-order valence-corrected chi connectivity index (χ0v) is 10.4. The Bertz CT molecular complexity index is 746. The van der Waals surface area contributed by atoms with Crippen LogP contribution in [-0.2, 0) is 4.74 Å². The summed E-state index contributed by atoms with van der Waals surface area (Å²) >= 11 is 0. The van der Waals surface area contributed by atoms with Gasteiger partial charge in [0.05, 0.1) is 23.7 Å². The predicted octanol–water partition coefficient (Wildman–Crippen LogP) is 2.81. The Kier molecular flexibility index (Phi) is 2.76. The van der Waals surface area contributed by atoms with E-state index in [9.17, 15) is 4.79 Å². The fourth-order valence-corrected chi connectivity index (χ4v) is 2.07. The Morgan fingerprint density at radius 3 is 2.84 bits per heavy atom. The Labute approximate surface area is 110 Å². The number of hydrogen-bond donors (Lipinski definition) is 0. The van der Waals surface area contributed by atoms with Gasteiger partial charge in [0, 0.05) is 5.69 Å². The van der Waals surface area contributed by atoms with Gasteiger partial charge in [-0.15, -0.1) is 0 Å². The number of esters is 1. The summed E-state index contributed by atoms with van der Waals surface area (Å²) in [6, 6.07) is 15.1. The maximum Gasteiger partial charge on any atom is 0.337 e. The molecule has 94 valence electrons. The average Bonchev–Trinajstić information content (AvgIpc) is 2.90. The molecule has 0 aliphatic heterocycles. The first-order valence-electron chi connectivity index (χ1n) is 5.90. The van der Waals surface area contributed by atoms with E-state index >= 15 is 0 Å². The molecule has 0 amide bonds. The second-order valence-electron chi connectivity index (χ2n) is 4.15. The minimum Gasteiger partial charge on any atom is -0.465 e. The standard InChI is InChI=1S/C15H12N2O2/c1-19-15(18)11-5-4-6-12(9-11)17-10-16-13-7-2-3-8-14(13)17/h2-10H,1H3. The molecule has 0 unspecified atom stereocenters. The summed E-state index contributed by atoms with van der Waals surface area (Å²) in [7, 11) is 1.38. The number of carbonyl (C=O) groups excluding carboxylic acids is 1. The molecule has 19 heavy (non-hydrogen) atoms. The first-order chi connectivity index (χ1) is 9.29. The summed E-state index contributed by atoms with van der Waals surface area (Å²) in [5, 5.41) is 0. The fourth-order valence-electron chi connectivity index (χ4n) is 2.07. The summed E-state index contributed by atoms with van der Waals surface area (Å²) in [4.78, 5) is 15.9. The number of benzene rings is 2. The van der Waals surface area contributed by atoms with Crippen LogP contribution in [0.4, 0.5) is 0 Å². The topological polar surface area (TPSA) is 44.1 Å². The molecular formula is C15H12N2O2. The molecule has 0 aliphatic carbocycles. The van der Waals surface area contributed by atoms with Crippen LogP contribution in [0.1, 0.15) is 10.4 Å². The molecule has 2 aromatic carbocycles. The first-order valence-corrected chi connectivity index (χ1v) is 5.90. The third-order valence-corrected chi connectivity index (χ3v) is 3.00. The maximum atomic E-state index is 11.6. The lowest BCUT2D eigenvalue weighted by molar-refractivity contribution is 0.0600. The third-order valence-electron chi connectivity index (χ3n) is 3.00. The lowest BCUT2D eigenvalue weighted by atomic mass is 10.2. The van der Waals surface area contributed by atoms with Crippen LogP contribution in [0, 0.1) is 0 Å². The molecule has 0 N–H and O–H groups in total. The zero-order chi connectivity index (χ0) is 13.2. The van der Waals surface area contributed by atoms with Crippen LogP contribution in [0.3, 0.4) is 0 Å². The van der Waals surface area contributed by atoms with Crippen molar-refractivity contribution in [2.45, 2.75) is 0 Å². The second-order valence-corrected chi connectivity index (χ2v) is 4.15. The molecule has 0 fully saturated rings. The number of nitrogens with zero attached hydrogens (tertiary/aromatic N) is 2. The molecule has 0 saturated heterocycles. The Hall–Kier alpha value is -2.62. The van der Waals surface area contributed by atoms with Crippen molar-refractivity contribution in [2.75, 3.05) is 7.11 Å². The second kappa shape index (κ2) is 4.57. The smallest absolute Gasteiger partial charge is 0.337 e. The average molecular weight is 252 g/mol. The number of imidazole rings is 1. The summed E-state index contributed by atoms with van der Waals surface area (Å²) in [6.07, 6.45) is 1.75. The van der Waals surface area contributed by atoms with Crippen molar-refractivity contribution in [2.24, 2.45) is 0 Å². The number of carbonyl (C=O) groups is 1. The highest BCUT2D eigenvalue weighted by atomic mass is 16.5. The van der Waals surface area contributed by atoms with E-state index in [1.54, 1.807) is 18.5 Å². The van der Waals surface area contributed by atoms with E-state index < -0.39 is 0 Å². The first kappa shape index (κ1) is 11.5. The maximum absolute atomic E-state index is 11.6. The normalized spacial score (nSPS) is 10.6. The van der Waals surface area contributed by atoms with E-state index in [2.05, 4.69) is 4.98 Å². The van der Waals surface area contributed by atoms with Crippen molar-refractivity contribution in [3.63, 3.8) is 0 Å². The van der Waals surface area contributed by atoms with Crippen LogP contribution in [0.25, 0.3) is 16.7 Å². The van der Waals surface area contributed by atoms with E-state index in [0.29, 0.717) is 5.56 Å². The number of para-hydroxylation sites is 2. The van der Waals surface area contributed by atoms with E-state index in [4.69, 9.17) is 4.74 Å². The summed E-state index contributed by atoms with van der Waals surface area (Å²) in [5.74, 6) is -0.341. The number of fused-ring (bicyclic) bond motifs is 1. The minimum atomic E-state index is -0.341. The van der Waals surface area contributed by atoms with Gasteiger partial charge in [-0.2, -0.15) is 0 Å². The molecule has 0 atom stereocenters. The molecule has 0 saturated carbocycles. The SMILES string of the molecule is COC(=O)c1cccc(-n2cnc3ccccc32)c1. The van der Waals surface area contributed by atoms with Gasteiger partial charge >= 0.3 is 5.97 Å². The van der Waals surface area contributed by atoms with Crippen LogP contribution in [0.15, 0.2) is 54.9 Å². The summed E-state index contributed by atoms with van der Waals surface area (Å²) in [5.41, 5.74) is 3.34. The van der Waals surface area contributed by atoms with E-state index in [-0.39, 0.29) is 5.97 Å². The Balaban J connectivity index is 2.14. The monoisotopic (exact) mass is 252 g/mol. The minimum absolute atomic E-state index is 0.341. The quantitative estimate of drug-likeness (QED) is 0.659. The van der Waals surface area contributed by atoms with Crippen LogP contribution in [0.5, 0.6) is 0 Å². The van der Waals surface area contributed by atoms with Crippen molar-refractivity contribution in [3.8, 4) is 5.69 Å². The number of rotatable bonds is 2. The van der Waals surface area contributed by atoms with E-state index in [1.807, 2.05) is 41.0 Å². The van der Waals surface area contributed by atoms with Gasteiger partial charge in [0.25, 0.3) is 0 Å². The van der Waals surface area contributed by atoms with Crippen molar-refractivity contribution in [1.29, 1.82) is 0 Å². The fraction of sp³-hybridized carbons (Fsp3) is 0.0667. The lowest BCUT2D eigenvalue weighted by Crippen LogP contribution is -2.02. The van der Waals surface area contributed by atoms with Gasteiger partial charge in [-0.25, -0.2) is 9.78 Å². The number of aromatic nitrogens is 2. The van der Waals surface area contributed by atoms with Crippen LogP contribution >= 0.6 is 0 Å². The molecule has 0 bridgehead atoms. The predicted molar refractivity (Wildman–Crippen MR) is 72.4 cm³/mol. The molecule has 0 aliphatic rings. The number of ether oxygens (including phenoxy) is 1. The number of hydrogen-bond acceptors (Lipinski definition) is 3. The molecular weight excluding hydrogens is 240 g/mol. The van der Waals surface area contributed by atoms with E-state index in [0.717, 1.165) is 16.7 Å². The molecule has 4 nitrogen and oxygen atoms in total. The van der Waals surface area contributed by atoms with Gasteiger partial charge in [0.15, 0.2) is 0 Å². The van der Waals surface area contributed by atoms with Crippen molar-refractivity contribution < 1.29 is 9.53 Å².